The summed E-state index contributed by atoms with van der Waals surface area (Å²) in [6, 6.07) is 15.0. The number of hydrogen-bond acceptors (Lipinski definition) is 3. The molecule has 0 aliphatic rings. The van der Waals surface area contributed by atoms with Crippen molar-refractivity contribution in [3.63, 3.8) is 0 Å². The molecule has 0 aliphatic heterocycles. The molecule has 1 amide bonds. The van der Waals surface area contributed by atoms with Gasteiger partial charge in [0.2, 0.25) is 0 Å². The minimum absolute atomic E-state index is 0.199. The molecular formula is C19H24N2O2. The van der Waals surface area contributed by atoms with Gasteiger partial charge >= 0.3 is 0 Å². The van der Waals surface area contributed by atoms with E-state index in [9.17, 15) is 4.79 Å². The summed E-state index contributed by atoms with van der Waals surface area (Å²) in [6.07, 6.45) is 0.422. The molecule has 122 valence electrons. The van der Waals surface area contributed by atoms with Crippen molar-refractivity contribution in [1.29, 1.82) is 0 Å². The van der Waals surface area contributed by atoms with E-state index in [1.807, 2.05) is 24.3 Å². The summed E-state index contributed by atoms with van der Waals surface area (Å²) in [7, 11) is 0. The molecule has 2 aromatic carbocycles. The summed E-state index contributed by atoms with van der Waals surface area (Å²) in [5.41, 5.74) is 8.12. The van der Waals surface area contributed by atoms with Crippen molar-refractivity contribution in [3.8, 4) is 5.75 Å². The first-order chi connectivity index (χ1) is 11.0. The quantitative estimate of drug-likeness (QED) is 0.786. The Kier molecular flexibility index (Phi) is 5.63. The number of nitrogens with two attached hydrogens (primary N) is 1. The fraction of sp³-hybridized carbons (Fsp3) is 0.316. The van der Waals surface area contributed by atoms with Crippen molar-refractivity contribution >= 4 is 17.3 Å². The number of para-hydroxylation sites is 1. The lowest BCUT2D eigenvalue weighted by atomic mass is 9.98. The molecule has 0 saturated carbocycles. The molecule has 0 radical (unpaired) electrons. The van der Waals surface area contributed by atoms with Crippen LogP contribution < -0.4 is 15.8 Å². The average Bonchev–Trinajstić information content (AvgIpc) is 2.54. The van der Waals surface area contributed by atoms with E-state index in [1.165, 1.54) is 0 Å². The lowest BCUT2D eigenvalue weighted by Gasteiger charge is -2.19. The van der Waals surface area contributed by atoms with Gasteiger partial charge in [0, 0.05) is 11.4 Å². The lowest BCUT2D eigenvalue weighted by Crippen LogP contribution is -2.30. The Labute approximate surface area is 137 Å². The maximum Gasteiger partial charge on any atom is 0.265 e. The van der Waals surface area contributed by atoms with Crippen LogP contribution in [0, 0.1) is 0 Å². The van der Waals surface area contributed by atoms with Crippen LogP contribution in [0.15, 0.2) is 48.5 Å². The van der Waals surface area contributed by atoms with Crippen LogP contribution in [0.25, 0.3) is 0 Å². The van der Waals surface area contributed by atoms with E-state index >= 15 is 0 Å². The average molecular weight is 312 g/mol. The number of nitrogen functional groups attached to an aromatic ring is 1. The van der Waals surface area contributed by atoms with Crippen LogP contribution >= 0.6 is 0 Å². The zero-order chi connectivity index (χ0) is 16.8. The third kappa shape index (κ3) is 4.49. The molecule has 0 aromatic heterocycles. The highest BCUT2D eigenvalue weighted by Gasteiger charge is 2.18. The lowest BCUT2D eigenvalue weighted by molar-refractivity contribution is -0.122. The summed E-state index contributed by atoms with van der Waals surface area (Å²) >= 11 is 0. The van der Waals surface area contributed by atoms with Crippen LogP contribution in [0.5, 0.6) is 5.75 Å². The first-order valence-corrected chi connectivity index (χ1v) is 7.93. The van der Waals surface area contributed by atoms with E-state index < -0.39 is 6.10 Å². The zero-order valence-corrected chi connectivity index (χ0v) is 13.9. The first-order valence-electron chi connectivity index (χ1n) is 7.93. The van der Waals surface area contributed by atoms with Gasteiger partial charge in [-0.05, 0) is 49.1 Å². The molecule has 23 heavy (non-hydrogen) atoms. The molecule has 2 rings (SSSR count). The van der Waals surface area contributed by atoms with Gasteiger partial charge in [0.15, 0.2) is 6.10 Å². The fourth-order valence-electron chi connectivity index (χ4n) is 2.32. The van der Waals surface area contributed by atoms with Gasteiger partial charge in [0.25, 0.3) is 5.91 Å². The molecule has 0 bridgehead atoms. The van der Waals surface area contributed by atoms with Gasteiger partial charge in [-0.3, -0.25) is 4.79 Å². The summed E-state index contributed by atoms with van der Waals surface area (Å²) in [5, 5.41) is 2.82. The number of anilines is 2. The maximum absolute atomic E-state index is 12.3. The Balaban J connectivity index is 2.07. The minimum atomic E-state index is -0.596. The third-order valence-corrected chi connectivity index (χ3v) is 3.89. The predicted octanol–water partition coefficient (Wildman–Crippen LogP) is 4.19. The summed E-state index contributed by atoms with van der Waals surface area (Å²) < 4.78 is 5.89. The van der Waals surface area contributed by atoms with E-state index in [2.05, 4.69) is 19.2 Å². The minimum Gasteiger partial charge on any atom is -0.481 e. The Morgan fingerprint density at radius 3 is 2.61 bits per heavy atom. The topological polar surface area (TPSA) is 64.3 Å². The van der Waals surface area contributed by atoms with E-state index in [-0.39, 0.29) is 5.91 Å². The fourth-order valence-corrected chi connectivity index (χ4v) is 2.32. The number of carbonyl (C=O) groups is 1. The SMILES string of the molecule is CC[C@H](C)c1ccccc1O[C@@H](C)C(=O)Nc1cccc(N)c1. The molecular weight excluding hydrogens is 288 g/mol. The van der Waals surface area contributed by atoms with E-state index in [1.54, 1.807) is 31.2 Å². The van der Waals surface area contributed by atoms with Crippen molar-refractivity contribution in [2.45, 2.75) is 39.2 Å². The van der Waals surface area contributed by atoms with E-state index in [0.29, 0.717) is 17.3 Å². The number of carbonyl (C=O) groups excluding carboxylic acids is 1. The van der Waals surface area contributed by atoms with Gasteiger partial charge in [-0.15, -0.1) is 0 Å². The van der Waals surface area contributed by atoms with Crippen LogP contribution in [0.1, 0.15) is 38.7 Å². The van der Waals surface area contributed by atoms with Gasteiger partial charge < -0.3 is 15.8 Å². The molecule has 3 N–H and O–H groups in total. The van der Waals surface area contributed by atoms with Gasteiger partial charge in [0.1, 0.15) is 5.75 Å². The molecule has 0 unspecified atom stereocenters. The molecule has 0 aliphatic carbocycles. The van der Waals surface area contributed by atoms with E-state index in [4.69, 9.17) is 10.5 Å². The van der Waals surface area contributed by atoms with Crippen LogP contribution in [0.2, 0.25) is 0 Å². The molecule has 0 spiro atoms. The highest BCUT2D eigenvalue weighted by atomic mass is 16.5. The number of hydrogen-bond donors (Lipinski definition) is 2. The third-order valence-electron chi connectivity index (χ3n) is 3.89. The standard InChI is InChI=1S/C19H24N2O2/c1-4-13(2)17-10-5-6-11-18(17)23-14(3)19(22)21-16-9-7-8-15(20)12-16/h5-14H,4,20H2,1-3H3,(H,21,22)/t13-,14-/m0/s1. The Hall–Kier alpha value is -2.49. The highest BCUT2D eigenvalue weighted by Crippen LogP contribution is 2.29. The van der Waals surface area contributed by atoms with Crippen LogP contribution in [-0.2, 0) is 4.79 Å². The Morgan fingerprint density at radius 2 is 1.91 bits per heavy atom. The summed E-state index contributed by atoms with van der Waals surface area (Å²) in [4.78, 5) is 12.3. The number of benzene rings is 2. The van der Waals surface area contributed by atoms with Crippen LogP contribution in [0.3, 0.4) is 0 Å². The molecule has 4 heteroatoms. The Morgan fingerprint density at radius 1 is 1.17 bits per heavy atom. The highest BCUT2D eigenvalue weighted by molar-refractivity contribution is 5.94. The second-order valence-corrected chi connectivity index (χ2v) is 5.72. The number of ether oxygens (including phenoxy) is 1. The molecule has 2 atom stereocenters. The summed E-state index contributed by atoms with van der Waals surface area (Å²) in [5.74, 6) is 0.946. The van der Waals surface area contributed by atoms with Crippen LogP contribution in [0.4, 0.5) is 11.4 Å². The first kappa shape index (κ1) is 16.9. The van der Waals surface area contributed by atoms with Crippen molar-refractivity contribution in [2.75, 3.05) is 11.1 Å². The Bertz CT molecular complexity index is 670. The van der Waals surface area contributed by atoms with E-state index in [0.717, 1.165) is 17.7 Å². The monoisotopic (exact) mass is 312 g/mol. The zero-order valence-electron chi connectivity index (χ0n) is 13.9. The second kappa shape index (κ2) is 7.68. The molecule has 0 saturated heterocycles. The molecule has 0 fully saturated rings. The van der Waals surface area contributed by atoms with Gasteiger partial charge in [-0.25, -0.2) is 0 Å². The predicted molar refractivity (Wildman–Crippen MR) is 94.7 cm³/mol. The maximum atomic E-state index is 12.3. The number of nitrogens with one attached hydrogen (secondary N) is 1. The van der Waals surface area contributed by atoms with Crippen LogP contribution in [-0.4, -0.2) is 12.0 Å². The van der Waals surface area contributed by atoms with Gasteiger partial charge in [0.05, 0.1) is 0 Å². The number of rotatable bonds is 6. The number of amides is 1. The summed E-state index contributed by atoms with van der Waals surface area (Å²) in [6.45, 7) is 6.03. The molecule has 2 aromatic rings. The van der Waals surface area contributed by atoms with Crippen molar-refractivity contribution < 1.29 is 9.53 Å². The van der Waals surface area contributed by atoms with Crippen molar-refractivity contribution in [1.82, 2.24) is 0 Å². The van der Waals surface area contributed by atoms with Crippen molar-refractivity contribution in [3.05, 3.63) is 54.1 Å². The van der Waals surface area contributed by atoms with Gasteiger partial charge in [-0.2, -0.15) is 0 Å². The normalized spacial score (nSPS) is 13.2. The van der Waals surface area contributed by atoms with Crippen molar-refractivity contribution in [2.24, 2.45) is 0 Å². The molecule has 0 heterocycles. The molecule has 4 nitrogen and oxygen atoms in total. The largest absolute Gasteiger partial charge is 0.481 e. The second-order valence-electron chi connectivity index (χ2n) is 5.72. The smallest absolute Gasteiger partial charge is 0.265 e. The van der Waals surface area contributed by atoms with Gasteiger partial charge in [-0.1, -0.05) is 38.1 Å².